The van der Waals surface area contributed by atoms with E-state index in [0.717, 1.165) is 61.7 Å². The largest absolute Gasteiger partial charge is 0.332 e. The highest BCUT2D eigenvalue weighted by Gasteiger charge is 2.65. The van der Waals surface area contributed by atoms with Gasteiger partial charge < -0.3 is 9.47 Å². The molecule has 6 unspecified atom stereocenters. The maximum atomic E-state index is 5.96. The van der Waals surface area contributed by atoms with Gasteiger partial charge in [0.05, 0.1) is 17.5 Å². The Morgan fingerprint density at radius 2 is 1.67 bits per heavy atom. The van der Waals surface area contributed by atoms with Crippen LogP contribution in [-0.2, 0) is 7.05 Å². The van der Waals surface area contributed by atoms with Gasteiger partial charge in [-0.05, 0) is 107 Å². The van der Waals surface area contributed by atoms with E-state index in [1.807, 2.05) is 12.3 Å². The Bertz CT molecular complexity index is 2190. The molecule has 1 saturated carbocycles. The molecular formula is C43H56N8. The highest BCUT2D eigenvalue weighted by atomic mass is 15.6. The Balaban J connectivity index is 2.02. The number of rotatable bonds is 4. The summed E-state index contributed by atoms with van der Waals surface area (Å²) in [6.07, 6.45) is 24.0. The van der Waals surface area contributed by atoms with Gasteiger partial charge in [-0.3, -0.25) is 15.3 Å². The fourth-order valence-corrected chi connectivity index (χ4v) is 8.92. The van der Waals surface area contributed by atoms with Crippen LogP contribution in [0.2, 0.25) is 0 Å². The summed E-state index contributed by atoms with van der Waals surface area (Å²) in [4.78, 5) is 27.6. The van der Waals surface area contributed by atoms with E-state index in [1.54, 1.807) is 0 Å². The lowest BCUT2D eigenvalue weighted by Crippen LogP contribution is -2.83. The quantitative estimate of drug-likeness (QED) is 0.418. The van der Waals surface area contributed by atoms with Crippen molar-refractivity contribution in [3.63, 3.8) is 0 Å². The van der Waals surface area contributed by atoms with Crippen molar-refractivity contribution in [3.8, 4) is 0 Å². The molecule has 51 heavy (non-hydrogen) atoms. The molecule has 6 atom stereocenters. The summed E-state index contributed by atoms with van der Waals surface area (Å²) in [5.74, 6) is -0.0397. The average molecular weight is 685 g/mol. The first-order valence-electron chi connectivity index (χ1n) is 18.5. The van der Waals surface area contributed by atoms with Crippen LogP contribution in [0.25, 0.3) is 12.2 Å². The van der Waals surface area contributed by atoms with E-state index in [9.17, 15) is 0 Å². The zero-order valence-electron chi connectivity index (χ0n) is 32.7. The number of allylic oxidation sites excluding steroid dienone is 9. The zero-order valence-corrected chi connectivity index (χ0v) is 32.7. The molecule has 6 rings (SSSR count). The second-order valence-electron chi connectivity index (χ2n) is 14.1. The van der Waals surface area contributed by atoms with Crippen LogP contribution in [-0.4, -0.2) is 56.7 Å². The lowest BCUT2D eigenvalue weighted by atomic mass is 9.79. The van der Waals surface area contributed by atoms with Crippen LogP contribution in [0.15, 0.2) is 115 Å². The van der Waals surface area contributed by atoms with Gasteiger partial charge in [0.15, 0.2) is 11.4 Å². The summed E-state index contributed by atoms with van der Waals surface area (Å²) in [5, 5.41) is 6.48. The van der Waals surface area contributed by atoms with Gasteiger partial charge in [0.25, 0.3) is 0 Å². The first-order valence-corrected chi connectivity index (χ1v) is 18.5. The maximum Gasteiger partial charge on any atom is 0.168 e. The fraction of sp³-hybridized carbons (Fsp3) is 0.442. The molecule has 0 saturated heterocycles. The number of fused-ring (bicyclic) bond motifs is 3. The lowest BCUT2D eigenvalue weighted by molar-refractivity contribution is -0.143. The summed E-state index contributed by atoms with van der Waals surface area (Å²) >= 11 is 0. The molecule has 1 spiro atoms. The van der Waals surface area contributed by atoms with Crippen molar-refractivity contribution in [2.24, 2.45) is 38.9 Å². The molecule has 268 valence electrons. The minimum atomic E-state index is -0.994. The van der Waals surface area contributed by atoms with Gasteiger partial charge in [-0.2, -0.15) is 0 Å². The number of aliphatic imine (C=N–C) groups is 2. The predicted octanol–water partition coefficient (Wildman–Crippen LogP) is 5.64. The van der Waals surface area contributed by atoms with Crippen LogP contribution in [0.4, 0.5) is 0 Å². The number of nitrogens with zero attached hydrogens (tertiary/aromatic N) is 7. The summed E-state index contributed by atoms with van der Waals surface area (Å²) in [5.41, 5.74) is 8.52. The van der Waals surface area contributed by atoms with Crippen LogP contribution in [0.3, 0.4) is 0 Å². The van der Waals surface area contributed by atoms with E-state index in [2.05, 4.69) is 164 Å². The molecule has 8 heteroatoms. The van der Waals surface area contributed by atoms with Crippen LogP contribution >= 0.6 is 0 Å². The second kappa shape index (κ2) is 13.6. The van der Waals surface area contributed by atoms with Crippen LogP contribution < -0.4 is 26.7 Å². The molecule has 5 heterocycles. The van der Waals surface area contributed by atoms with Gasteiger partial charge in [-0.15, -0.1) is 0 Å². The van der Waals surface area contributed by atoms with Gasteiger partial charge in [-0.1, -0.05) is 75.5 Å². The number of hydrogen-bond donors (Lipinski definition) is 1. The second-order valence-corrected chi connectivity index (χ2v) is 14.1. The molecular weight excluding hydrogens is 629 g/mol. The van der Waals surface area contributed by atoms with E-state index in [1.165, 1.54) is 11.1 Å². The standard InChI is InChI=1S/C43H56N8/c1-14-22-29-25-35-31(18-5)32(19-6)37-36(35)43-47-38(30(29)17-4)46-40-33(20-7)34(21-8)41(49(40)12)48-42(23-24-44-37,27(10)16-3)51(43)39(26(9)15-2)45-28(11)50(43)13/h14,16-26,36,38-39,47H,1,15H2,2-13H3/b24-23?,27-16+,29-22-,30-17+,31-18?,32-19+,33-20+,34-21+,35-25+,44-37-,46-40-,48-41-. The Labute approximate surface area is 304 Å². The van der Waals surface area contributed by atoms with Crippen molar-refractivity contribution >= 4 is 23.7 Å². The summed E-state index contributed by atoms with van der Waals surface area (Å²) < 4.78 is 2.17. The van der Waals surface area contributed by atoms with Crippen LogP contribution in [0, 0.1) is 11.8 Å². The monoisotopic (exact) mass is 684 g/mol. The van der Waals surface area contributed by atoms with E-state index in [0.29, 0.717) is 0 Å². The molecule has 1 aromatic heterocycles. The smallest absolute Gasteiger partial charge is 0.168 e. The average Bonchev–Trinajstić information content (AvgIpc) is 3.55. The Morgan fingerprint density at radius 3 is 2.25 bits per heavy atom. The van der Waals surface area contributed by atoms with E-state index >= 15 is 0 Å². The summed E-state index contributed by atoms with van der Waals surface area (Å²) in [6.45, 7) is 25.8. The third kappa shape index (κ3) is 5.01. The third-order valence-electron chi connectivity index (χ3n) is 11.9. The molecule has 0 amide bonds. The maximum absolute atomic E-state index is 5.96. The number of hydrogen-bond acceptors (Lipinski definition) is 7. The molecule has 1 fully saturated rings. The molecule has 0 radical (unpaired) electrons. The highest BCUT2D eigenvalue weighted by molar-refractivity contribution is 6.14. The topological polar surface area (TPSA) is 72.9 Å². The van der Waals surface area contributed by atoms with Gasteiger partial charge in [0, 0.05) is 30.7 Å². The highest BCUT2D eigenvalue weighted by Crippen LogP contribution is 2.54. The van der Waals surface area contributed by atoms with Crippen LogP contribution in [0.1, 0.15) is 75.7 Å². The van der Waals surface area contributed by atoms with Crippen molar-refractivity contribution in [2.45, 2.75) is 99.4 Å². The summed E-state index contributed by atoms with van der Waals surface area (Å²) in [7, 11) is 4.27. The molecule has 1 aromatic rings. The molecule has 4 aliphatic heterocycles. The van der Waals surface area contributed by atoms with Gasteiger partial charge >= 0.3 is 0 Å². The van der Waals surface area contributed by atoms with Crippen molar-refractivity contribution < 1.29 is 0 Å². The number of amidine groups is 1. The number of aromatic nitrogens is 1. The molecule has 5 aliphatic rings. The minimum absolute atomic E-state index is 0.192. The van der Waals surface area contributed by atoms with Gasteiger partial charge in [0.2, 0.25) is 0 Å². The normalized spacial score (nSPS) is 37.0. The van der Waals surface area contributed by atoms with Crippen molar-refractivity contribution in [3.05, 3.63) is 116 Å². The molecule has 8 nitrogen and oxygen atoms in total. The Hall–Kier alpha value is -4.40. The van der Waals surface area contributed by atoms with Crippen molar-refractivity contribution in [1.29, 1.82) is 0 Å². The van der Waals surface area contributed by atoms with Gasteiger partial charge in [-0.25, -0.2) is 14.9 Å². The fourth-order valence-electron chi connectivity index (χ4n) is 8.92. The zero-order chi connectivity index (χ0) is 37.0. The lowest BCUT2D eigenvalue weighted by Gasteiger charge is -2.64. The Morgan fingerprint density at radius 1 is 0.980 bits per heavy atom. The molecule has 1 N–H and O–H groups in total. The predicted molar refractivity (Wildman–Crippen MR) is 213 cm³/mol. The number of nitrogens with one attached hydrogen (secondary N) is 1. The van der Waals surface area contributed by atoms with Crippen molar-refractivity contribution in [1.82, 2.24) is 19.7 Å². The van der Waals surface area contributed by atoms with E-state index in [-0.39, 0.29) is 18.0 Å². The minimum Gasteiger partial charge on any atom is -0.332 e. The van der Waals surface area contributed by atoms with Gasteiger partial charge in [0.1, 0.15) is 23.3 Å². The van der Waals surface area contributed by atoms with Crippen molar-refractivity contribution in [2.75, 3.05) is 7.05 Å². The SMILES string of the molecule is C=C/C=C1/C=C2\C(=CC)C(=C\C)/C3=N/C=CC4(/C(C)=C/C)/N=c5c(=C/C)/c(=C\C)c(/n/5C)=N/C(NC5(C23)N(C)C(C)=NC(C(C)CC)N45)/C1=C/C. The molecule has 5 bridgehead atoms. The third-order valence-corrected chi connectivity index (χ3v) is 11.9. The summed E-state index contributed by atoms with van der Waals surface area (Å²) in [6, 6.07) is 0. The molecule has 0 aromatic carbocycles. The van der Waals surface area contributed by atoms with E-state index < -0.39 is 17.6 Å². The van der Waals surface area contributed by atoms with Crippen LogP contribution in [0.5, 0.6) is 0 Å². The first-order chi connectivity index (χ1) is 24.5. The molecule has 1 aliphatic carbocycles. The van der Waals surface area contributed by atoms with E-state index in [4.69, 9.17) is 20.0 Å². The Kier molecular flexibility index (Phi) is 9.72. The first kappa shape index (κ1) is 36.4.